The molecule has 26 heavy (non-hydrogen) atoms. The van der Waals surface area contributed by atoms with Gasteiger partial charge in [-0.15, -0.1) is 0 Å². The molecule has 0 radical (unpaired) electrons. The minimum atomic E-state index is -4.42. The van der Waals surface area contributed by atoms with Crippen molar-refractivity contribution in [3.05, 3.63) is 59.9 Å². The Labute approximate surface area is 147 Å². The van der Waals surface area contributed by atoms with Gasteiger partial charge in [0.2, 0.25) is 0 Å². The third-order valence-corrected chi connectivity index (χ3v) is 3.11. The van der Waals surface area contributed by atoms with Crippen molar-refractivity contribution < 1.29 is 22.7 Å². The van der Waals surface area contributed by atoms with E-state index >= 15 is 0 Å². The SMILES string of the molecule is COC(=O)/C=C/c1ccncc1N=CC=Nc1cccc(C(F)(F)F)c1. The quantitative estimate of drug-likeness (QED) is 0.451. The number of aliphatic imine (C=N–C) groups is 2. The molecule has 8 heteroatoms. The van der Waals surface area contributed by atoms with Crippen LogP contribution in [0.4, 0.5) is 24.5 Å². The highest BCUT2D eigenvalue weighted by Gasteiger charge is 2.30. The largest absolute Gasteiger partial charge is 0.466 e. The van der Waals surface area contributed by atoms with Gasteiger partial charge in [-0.1, -0.05) is 6.07 Å². The van der Waals surface area contributed by atoms with Crippen LogP contribution < -0.4 is 0 Å². The Kier molecular flexibility index (Phi) is 6.37. The van der Waals surface area contributed by atoms with Gasteiger partial charge < -0.3 is 4.74 Å². The van der Waals surface area contributed by atoms with Crippen molar-refractivity contribution in [2.75, 3.05) is 7.11 Å². The van der Waals surface area contributed by atoms with E-state index in [1.165, 1.54) is 56.2 Å². The molecule has 0 spiro atoms. The Balaban J connectivity index is 2.13. The number of hydrogen-bond acceptors (Lipinski definition) is 5. The molecule has 2 rings (SSSR count). The number of alkyl halides is 3. The van der Waals surface area contributed by atoms with Crippen LogP contribution in [0.2, 0.25) is 0 Å². The standard InChI is InChI=1S/C18H14F3N3O2/c1-26-17(25)6-5-13-7-8-22-12-16(13)24-10-9-23-15-4-2-3-14(11-15)18(19,20)21/h2-12H,1H3/b6-5+,23-9?,24-10?. The second-order valence-electron chi connectivity index (χ2n) is 4.90. The topological polar surface area (TPSA) is 63.9 Å². The van der Waals surface area contributed by atoms with Crippen molar-refractivity contribution in [1.82, 2.24) is 4.98 Å². The van der Waals surface area contributed by atoms with Crippen LogP contribution in [0, 0.1) is 0 Å². The smallest absolute Gasteiger partial charge is 0.416 e. The summed E-state index contributed by atoms with van der Waals surface area (Å²) in [6.07, 6.45) is 3.95. The molecule has 0 fully saturated rings. The van der Waals surface area contributed by atoms with E-state index < -0.39 is 17.7 Å². The Bertz CT molecular complexity index is 859. The van der Waals surface area contributed by atoms with Gasteiger partial charge >= 0.3 is 12.1 Å². The summed E-state index contributed by atoms with van der Waals surface area (Å²) >= 11 is 0. The Morgan fingerprint density at radius 3 is 2.69 bits per heavy atom. The number of carbonyl (C=O) groups excluding carboxylic acids is 1. The number of rotatable bonds is 5. The van der Waals surface area contributed by atoms with E-state index in [4.69, 9.17) is 0 Å². The number of methoxy groups -OCH3 is 1. The van der Waals surface area contributed by atoms with Crippen LogP contribution in [0.3, 0.4) is 0 Å². The fourth-order valence-corrected chi connectivity index (χ4v) is 1.87. The minimum absolute atomic E-state index is 0.156. The van der Waals surface area contributed by atoms with Crippen molar-refractivity contribution in [3.8, 4) is 0 Å². The summed E-state index contributed by atoms with van der Waals surface area (Å²) in [5, 5.41) is 0. The van der Waals surface area contributed by atoms with Crippen LogP contribution in [0.15, 0.2) is 58.8 Å². The first-order valence-corrected chi connectivity index (χ1v) is 7.34. The Morgan fingerprint density at radius 2 is 1.96 bits per heavy atom. The average Bonchev–Trinajstić information content (AvgIpc) is 2.63. The first kappa shape index (κ1) is 19.0. The Hall–Kier alpha value is -3.29. The number of pyridine rings is 1. The first-order chi connectivity index (χ1) is 12.4. The summed E-state index contributed by atoms with van der Waals surface area (Å²) in [7, 11) is 1.27. The van der Waals surface area contributed by atoms with Crippen LogP contribution in [0.5, 0.6) is 0 Å². The van der Waals surface area contributed by atoms with E-state index in [0.29, 0.717) is 11.3 Å². The van der Waals surface area contributed by atoms with E-state index in [2.05, 4.69) is 19.7 Å². The summed E-state index contributed by atoms with van der Waals surface area (Å²) in [5.74, 6) is -0.511. The zero-order valence-corrected chi connectivity index (χ0v) is 13.6. The molecule has 134 valence electrons. The molecule has 0 saturated heterocycles. The number of benzene rings is 1. The third-order valence-electron chi connectivity index (χ3n) is 3.11. The van der Waals surface area contributed by atoms with Crippen molar-refractivity contribution in [2.24, 2.45) is 9.98 Å². The number of hydrogen-bond donors (Lipinski definition) is 0. The second kappa shape index (κ2) is 8.70. The highest BCUT2D eigenvalue weighted by atomic mass is 19.4. The number of nitrogens with zero attached hydrogens (tertiary/aromatic N) is 3. The van der Waals surface area contributed by atoms with Crippen molar-refractivity contribution in [1.29, 1.82) is 0 Å². The first-order valence-electron chi connectivity index (χ1n) is 7.34. The lowest BCUT2D eigenvalue weighted by Gasteiger charge is -2.06. The predicted molar refractivity (Wildman–Crippen MR) is 93.0 cm³/mol. The lowest BCUT2D eigenvalue weighted by molar-refractivity contribution is -0.137. The summed E-state index contributed by atoms with van der Waals surface area (Å²) in [4.78, 5) is 23.1. The highest BCUT2D eigenvalue weighted by molar-refractivity contribution is 6.17. The van der Waals surface area contributed by atoms with Gasteiger partial charge in [-0.3, -0.25) is 15.0 Å². The average molecular weight is 361 g/mol. The number of aromatic nitrogens is 1. The van der Waals surface area contributed by atoms with Crippen LogP contribution >= 0.6 is 0 Å². The maximum absolute atomic E-state index is 12.7. The zero-order chi connectivity index (χ0) is 19.0. The molecule has 0 unspecified atom stereocenters. The van der Waals surface area contributed by atoms with E-state index in [9.17, 15) is 18.0 Å². The molecule has 0 N–H and O–H groups in total. The number of carbonyl (C=O) groups is 1. The van der Waals surface area contributed by atoms with Crippen molar-refractivity contribution in [3.63, 3.8) is 0 Å². The van der Waals surface area contributed by atoms with Gasteiger partial charge in [0.25, 0.3) is 0 Å². The van der Waals surface area contributed by atoms with Crippen molar-refractivity contribution in [2.45, 2.75) is 6.18 Å². The minimum Gasteiger partial charge on any atom is -0.466 e. The van der Waals surface area contributed by atoms with E-state index in [1.54, 1.807) is 6.07 Å². The van der Waals surface area contributed by atoms with E-state index in [-0.39, 0.29) is 5.69 Å². The lowest BCUT2D eigenvalue weighted by atomic mass is 10.2. The molecule has 0 aliphatic rings. The Morgan fingerprint density at radius 1 is 1.19 bits per heavy atom. The molecular weight excluding hydrogens is 347 g/mol. The van der Waals surface area contributed by atoms with Gasteiger partial charge in [-0.05, 0) is 30.3 Å². The van der Waals surface area contributed by atoms with Gasteiger partial charge in [0, 0.05) is 30.3 Å². The van der Waals surface area contributed by atoms with Crippen LogP contribution in [0.25, 0.3) is 6.08 Å². The molecule has 1 aromatic heterocycles. The maximum atomic E-state index is 12.7. The van der Waals surface area contributed by atoms with Gasteiger partial charge in [-0.25, -0.2) is 4.79 Å². The molecule has 1 aromatic carbocycles. The fourth-order valence-electron chi connectivity index (χ4n) is 1.87. The predicted octanol–water partition coefficient (Wildman–Crippen LogP) is 4.39. The number of halogens is 3. The highest BCUT2D eigenvalue weighted by Crippen LogP contribution is 2.31. The van der Waals surface area contributed by atoms with Crippen molar-refractivity contribution >= 4 is 35.8 Å². The van der Waals surface area contributed by atoms with Crippen LogP contribution in [-0.2, 0) is 15.7 Å². The van der Waals surface area contributed by atoms with Gasteiger partial charge in [0.05, 0.1) is 30.2 Å². The molecule has 0 saturated carbocycles. The normalized spacial score (nSPS) is 12.3. The fraction of sp³-hybridized carbons (Fsp3) is 0.111. The summed E-state index contributed by atoms with van der Waals surface area (Å²) < 4.78 is 42.5. The lowest BCUT2D eigenvalue weighted by Crippen LogP contribution is -2.03. The molecule has 0 aliphatic heterocycles. The second-order valence-corrected chi connectivity index (χ2v) is 4.90. The molecule has 2 aromatic rings. The number of esters is 1. The molecule has 5 nitrogen and oxygen atoms in total. The summed E-state index contributed by atoms with van der Waals surface area (Å²) in [5.41, 5.74) is 0.465. The van der Waals surface area contributed by atoms with Gasteiger partial charge in [0.1, 0.15) is 0 Å². The molecule has 0 atom stereocenters. The molecule has 0 amide bonds. The maximum Gasteiger partial charge on any atom is 0.416 e. The van der Waals surface area contributed by atoms with E-state index in [1.807, 2.05) is 0 Å². The van der Waals surface area contributed by atoms with Gasteiger partial charge in [0.15, 0.2) is 0 Å². The van der Waals surface area contributed by atoms with Crippen LogP contribution in [0.1, 0.15) is 11.1 Å². The van der Waals surface area contributed by atoms with Crippen LogP contribution in [-0.4, -0.2) is 30.5 Å². The molecule has 0 aliphatic carbocycles. The third kappa shape index (κ3) is 5.66. The monoisotopic (exact) mass is 361 g/mol. The number of ether oxygens (including phenoxy) is 1. The summed E-state index contributed by atoms with van der Waals surface area (Å²) in [6, 6.07) is 6.30. The molecular formula is C18H14F3N3O2. The molecule has 1 heterocycles. The van der Waals surface area contributed by atoms with E-state index in [0.717, 1.165) is 12.1 Å². The molecule has 0 bridgehead atoms. The summed E-state index contributed by atoms with van der Waals surface area (Å²) in [6.45, 7) is 0. The van der Waals surface area contributed by atoms with Gasteiger partial charge in [-0.2, -0.15) is 13.2 Å². The zero-order valence-electron chi connectivity index (χ0n) is 13.6.